The summed E-state index contributed by atoms with van der Waals surface area (Å²) >= 11 is 7.66. The SMILES string of the molecule is COCOC(=O)C1=C(Cl)CS[C@H]2[C@H](N3C(=O)C(c4ccccc4)NC3(C)C)C(=O)N12. The van der Waals surface area contributed by atoms with E-state index in [0.717, 1.165) is 5.56 Å². The van der Waals surface area contributed by atoms with Gasteiger partial charge < -0.3 is 14.4 Å². The van der Waals surface area contributed by atoms with Gasteiger partial charge in [-0.05, 0) is 19.4 Å². The topological polar surface area (TPSA) is 88.2 Å². The summed E-state index contributed by atoms with van der Waals surface area (Å²) in [5, 5.41) is 3.17. The summed E-state index contributed by atoms with van der Waals surface area (Å²) in [5.74, 6) is -0.895. The molecule has 3 atom stereocenters. The lowest BCUT2D eigenvalue weighted by molar-refractivity contribution is -0.165. The number of carbonyl (C=O) groups excluding carboxylic acids is 3. The second kappa shape index (κ2) is 7.88. The van der Waals surface area contributed by atoms with Gasteiger partial charge in [-0.2, -0.15) is 0 Å². The Labute approximate surface area is 183 Å². The molecule has 0 radical (unpaired) electrons. The summed E-state index contributed by atoms with van der Waals surface area (Å²) in [6.45, 7) is 3.50. The van der Waals surface area contributed by atoms with Crippen molar-refractivity contribution in [1.82, 2.24) is 15.1 Å². The first-order valence-corrected chi connectivity index (χ1v) is 10.9. The summed E-state index contributed by atoms with van der Waals surface area (Å²) in [7, 11) is 1.39. The molecule has 0 aromatic heterocycles. The molecule has 2 amide bonds. The van der Waals surface area contributed by atoms with E-state index >= 15 is 0 Å². The highest BCUT2D eigenvalue weighted by molar-refractivity contribution is 8.00. The van der Waals surface area contributed by atoms with Crippen LogP contribution in [0.15, 0.2) is 41.1 Å². The second-order valence-corrected chi connectivity index (χ2v) is 9.26. The van der Waals surface area contributed by atoms with Crippen LogP contribution in [0.2, 0.25) is 0 Å². The number of halogens is 1. The van der Waals surface area contributed by atoms with E-state index in [1.54, 1.807) is 4.90 Å². The Morgan fingerprint density at radius 3 is 2.63 bits per heavy atom. The van der Waals surface area contributed by atoms with Crippen molar-refractivity contribution < 1.29 is 23.9 Å². The molecule has 10 heteroatoms. The molecular formula is C20H22ClN3O5S. The van der Waals surface area contributed by atoms with Gasteiger partial charge in [-0.1, -0.05) is 41.9 Å². The van der Waals surface area contributed by atoms with Crippen LogP contribution in [-0.4, -0.2) is 64.3 Å². The highest BCUT2D eigenvalue weighted by Gasteiger charge is 2.62. The van der Waals surface area contributed by atoms with Crippen LogP contribution in [-0.2, 0) is 23.9 Å². The largest absolute Gasteiger partial charge is 0.434 e. The van der Waals surface area contributed by atoms with Crippen molar-refractivity contribution in [3.8, 4) is 0 Å². The highest BCUT2D eigenvalue weighted by Crippen LogP contribution is 2.46. The molecule has 3 heterocycles. The second-order valence-electron chi connectivity index (χ2n) is 7.70. The van der Waals surface area contributed by atoms with Gasteiger partial charge in [0, 0.05) is 12.9 Å². The summed E-state index contributed by atoms with van der Waals surface area (Å²) < 4.78 is 9.76. The minimum absolute atomic E-state index is 0.0238. The van der Waals surface area contributed by atoms with E-state index in [2.05, 4.69) is 5.32 Å². The minimum Gasteiger partial charge on any atom is -0.434 e. The number of hydrogen-bond donors (Lipinski definition) is 1. The van der Waals surface area contributed by atoms with Gasteiger partial charge in [0.1, 0.15) is 23.2 Å². The van der Waals surface area contributed by atoms with Crippen LogP contribution in [0.1, 0.15) is 25.5 Å². The quantitative estimate of drug-likeness (QED) is 0.414. The fourth-order valence-corrected chi connectivity index (χ4v) is 5.68. The van der Waals surface area contributed by atoms with Crippen LogP contribution in [0.3, 0.4) is 0 Å². The maximum absolute atomic E-state index is 13.3. The van der Waals surface area contributed by atoms with Crippen molar-refractivity contribution in [1.29, 1.82) is 0 Å². The van der Waals surface area contributed by atoms with Crippen molar-refractivity contribution in [3.63, 3.8) is 0 Å². The maximum Gasteiger partial charge on any atom is 0.358 e. The molecule has 0 bridgehead atoms. The number of hydrogen-bond acceptors (Lipinski definition) is 7. The molecule has 2 fully saturated rings. The number of carbonyl (C=O) groups is 3. The van der Waals surface area contributed by atoms with Gasteiger partial charge in [-0.15, -0.1) is 11.8 Å². The molecule has 1 unspecified atom stereocenters. The Kier molecular flexibility index (Phi) is 5.56. The zero-order valence-corrected chi connectivity index (χ0v) is 18.3. The number of β-lactam (4-membered cyclic amide) rings is 1. The number of nitrogens with zero attached hydrogens (tertiary/aromatic N) is 2. The molecule has 2 saturated heterocycles. The average molecular weight is 452 g/mol. The maximum atomic E-state index is 13.3. The van der Waals surface area contributed by atoms with E-state index in [4.69, 9.17) is 21.1 Å². The molecule has 160 valence electrons. The van der Waals surface area contributed by atoms with Gasteiger partial charge in [0.05, 0.1) is 10.7 Å². The van der Waals surface area contributed by atoms with E-state index in [1.807, 2.05) is 44.2 Å². The molecule has 0 saturated carbocycles. The minimum atomic E-state index is -0.744. The fraction of sp³-hybridized carbons (Fsp3) is 0.450. The lowest BCUT2D eigenvalue weighted by atomic mass is 10.00. The van der Waals surface area contributed by atoms with Crippen LogP contribution >= 0.6 is 23.4 Å². The molecule has 30 heavy (non-hydrogen) atoms. The van der Waals surface area contributed by atoms with E-state index in [0.29, 0.717) is 5.75 Å². The molecule has 1 aromatic rings. The molecule has 1 aromatic carbocycles. The Balaban J connectivity index is 1.60. The number of ether oxygens (including phenoxy) is 2. The van der Waals surface area contributed by atoms with Crippen molar-refractivity contribution in [2.45, 2.75) is 37.0 Å². The van der Waals surface area contributed by atoms with Crippen molar-refractivity contribution in [2.24, 2.45) is 0 Å². The van der Waals surface area contributed by atoms with E-state index in [-0.39, 0.29) is 29.3 Å². The number of benzene rings is 1. The van der Waals surface area contributed by atoms with Gasteiger partial charge in [0.25, 0.3) is 5.91 Å². The van der Waals surface area contributed by atoms with E-state index in [9.17, 15) is 14.4 Å². The molecule has 3 aliphatic heterocycles. The molecule has 0 aliphatic carbocycles. The summed E-state index contributed by atoms with van der Waals surface area (Å²) in [4.78, 5) is 41.8. The lowest BCUT2D eigenvalue weighted by Gasteiger charge is -2.54. The third kappa shape index (κ3) is 3.30. The molecule has 3 aliphatic rings. The standard InChI is InChI=1S/C20H22ClN3O5S/c1-20(2)22-13(11-7-5-4-6-8-11)16(25)24(20)15-17(26)23-14(19(27)29-10-28-3)12(21)9-30-18(15)23/h4-8,13,15,18,22H,9-10H2,1-3H3/t13?,15-,18+/m1/s1. The third-order valence-corrected chi connectivity index (χ3v) is 7.13. The van der Waals surface area contributed by atoms with Crippen LogP contribution in [0.4, 0.5) is 0 Å². The Bertz CT molecular complexity index is 922. The van der Waals surface area contributed by atoms with Gasteiger partial charge in [0.15, 0.2) is 6.79 Å². The summed E-state index contributed by atoms with van der Waals surface area (Å²) in [6.07, 6.45) is 0. The molecule has 8 nitrogen and oxygen atoms in total. The van der Waals surface area contributed by atoms with Crippen LogP contribution in [0.5, 0.6) is 0 Å². The molecule has 4 rings (SSSR count). The van der Waals surface area contributed by atoms with Gasteiger partial charge >= 0.3 is 5.97 Å². The predicted octanol–water partition coefficient (Wildman–Crippen LogP) is 1.78. The molecule has 1 N–H and O–H groups in total. The lowest BCUT2D eigenvalue weighted by Crippen LogP contribution is -2.73. The zero-order chi connectivity index (χ0) is 21.6. The van der Waals surface area contributed by atoms with Crippen LogP contribution in [0.25, 0.3) is 0 Å². The number of rotatable bonds is 5. The highest BCUT2D eigenvalue weighted by atomic mass is 35.5. The van der Waals surface area contributed by atoms with Gasteiger partial charge in [-0.25, -0.2) is 4.79 Å². The molecular weight excluding hydrogens is 430 g/mol. The van der Waals surface area contributed by atoms with E-state index in [1.165, 1.54) is 23.8 Å². The number of thioether (sulfide) groups is 1. The summed E-state index contributed by atoms with van der Waals surface area (Å²) in [5.41, 5.74) is 0.118. The van der Waals surface area contributed by atoms with Gasteiger partial charge in [0.2, 0.25) is 5.91 Å². The predicted molar refractivity (Wildman–Crippen MR) is 111 cm³/mol. The average Bonchev–Trinajstić information content (AvgIpc) is 2.96. The van der Waals surface area contributed by atoms with Crippen molar-refractivity contribution in [2.75, 3.05) is 19.7 Å². The first-order valence-electron chi connectivity index (χ1n) is 9.43. The Morgan fingerprint density at radius 2 is 1.97 bits per heavy atom. The van der Waals surface area contributed by atoms with Crippen molar-refractivity contribution in [3.05, 3.63) is 46.6 Å². The van der Waals surface area contributed by atoms with Crippen LogP contribution in [0, 0.1) is 0 Å². The van der Waals surface area contributed by atoms with Crippen LogP contribution < -0.4 is 5.32 Å². The Morgan fingerprint density at radius 1 is 1.27 bits per heavy atom. The number of methoxy groups -OCH3 is 1. The number of amides is 2. The molecule has 0 spiro atoms. The first kappa shape index (κ1) is 21.2. The zero-order valence-electron chi connectivity index (χ0n) is 16.8. The van der Waals surface area contributed by atoms with Crippen molar-refractivity contribution >= 4 is 41.1 Å². The normalized spacial score (nSPS) is 27.8. The number of fused-ring (bicyclic) bond motifs is 1. The van der Waals surface area contributed by atoms with Gasteiger partial charge in [-0.3, -0.25) is 19.8 Å². The monoisotopic (exact) mass is 451 g/mol. The van der Waals surface area contributed by atoms with E-state index < -0.39 is 29.1 Å². The number of nitrogens with one attached hydrogen (secondary N) is 1. The fourth-order valence-electron chi connectivity index (χ4n) is 4.09. The third-order valence-electron chi connectivity index (χ3n) is 5.39. The first-order chi connectivity index (χ1) is 14.3. The summed E-state index contributed by atoms with van der Waals surface area (Å²) in [6, 6.07) is 8.15. The smallest absolute Gasteiger partial charge is 0.358 e. The Hall–Kier alpha value is -2.07. The number of esters is 1.